The van der Waals surface area contributed by atoms with E-state index in [0.717, 1.165) is 4.90 Å². The summed E-state index contributed by atoms with van der Waals surface area (Å²) in [6, 6.07) is 2.82. The smallest absolute Gasteiger partial charge is 0.261 e. The summed E-state index contributed by atoms with van der Waals surface area (Å²) in [6.07, 6.45) is -1.06. The lowest BCUT2D eigenvalue weighted by Crippen LogP contribution is -2.24. The van der Waals surface area contributed by atoms with Gasteiger partial charge >= 0.3 is 0 Å². The van der Waals surface area contributed by atoms with E-state index in [0.29, 0.717) is 5.56 Å². The number of aliphatic hydroxyl groups excluding tert-OH is 1. The Hall–Kier alpha value is -2.21. The molecule has 3 amide bonds. The van der Waals surface area contributed by atoms with Gasteiger partial charge in [-0.25, -0.2) is 0 Å². The first-order valence-corrected chi connectivity index (χ1v) is 5.39. The standard InChI is InChI=1S/C12H10N2O4/c1-13-9(15)5-3-7-8(4-6(5)10(13)16)12(18)14(2)11(7)17/h3-4,9,15H,1-2H3/t9-/m1/s1. The van der Waals surface area contributed by atoms with Gasteiger partial charge < -0.3 is 10.0 Å². The SMILES string of the molecule is CN1C(=O)c2cc3c(cc2C1=O)[C@@H](O)N(C)C3=O. The summed E-state index contributed by atoms with van der Waals surface area (Å²) in [5.41, 5.74) is 1.11. The number of imide groups is 1. The lowest BCUT2D eigenvalue weighted by Gasteiger charge is -2.13. The minimum Gasteiger partial charge on any atom is -0.369 e. The van der Waals surface area contributed by atoms with E-state index in [-0.39, 0.29) is 22.6 Å². The quantitative estimate of drug-likeness (QED) is 0.653. The molecule has 2 aliphatic rings. The van der Waals surface area contributed by atoms with Gasteiger partial charge in [0.05, 0.1) is 11.1 Å². The number of rotatable bonds is 0. The Morgan fingerprint density at radius 1 is 0.944 bits per heavy atom. The molecule has 1 aromatic rings. The maximum absolute atomic E-state index is 11.8. The fourth-order valence-electron chi connectivity index (χ4n) is 2.33. The molecule has 0 saturated carbocycles. The summed E-state index contributed by atoms with van der Waals surface area (Å²) in [6.45, 7) is 0. The first-order chi connectivity index (χ1) is 8.43. The molecule has 18 heavy (non-hydrogen) atoms. The molecule has 3 rings (SSSR count). The average molecular weight is 246 g/mol. The van der Waals surface area contributed by atoms with Crippen molar-refractivity contribution >= 4 is 17.7 Å². The number of fused-ring (bicyclic) bond motifs is 2. The minimum absolute atomic E-state index is 0.220. The average Bonchev–Trinajstić information content (AvgIpc) is 2.71. The highest BCUT2D eigenvalue weighted by Crippen LogP contribution is 2.35. The molecular formula is C12H10N2O4. The first kappa shape index (κ1) is 10.9. The highest BCUT2D eigenvalue weighted by Gasteiger charge is 2.39. The van der Waals surface area contributed by atoms with Gasteiger partial charge in [0, 0.05) is 25.2 Å². The molecule has 0 aliphatic carbocycles. The molecule has 2 aliphatic heterocycles. The summed E-state index contributed by atoms with van der Waals surface area (Å²) in [7, 11) is 2.86. The van der Waals surface area contributed by atoms with Crippen molar-refractivity contribution in [2.45, 2.75) is 6.23 Å². The van der Waals surface area contributed by atoms with Gasteiger partial charge in [-0.15, -0.1) is 0 Å². The van der Waals surface area contributed by atoms with Gasteiger partial charge in [0.25, 0.3) is 17.7 Å². The van der Waals surface area contributed by atoms with Crippen molar-refractivity contribution in [3.05, 3.63) is 34.4 Å². The Bertz CT molecular complexity index is 623. The number of nitrogens with zero attached hydrogens (tertiary/aromatic N) is 2. The van der Waals surface area contributed by atoms with Crippen LogP contribution in [0.1, 0.15) is 42.9 Å². The minimum atomic E-state index is -1.06. The predicted molar refractivity (Wildman–Crippen MR) is 59.9 cm³/mol. The van der Waals surface area contributed by atoms with Crippen LogP contribution in [0.25, 0.3) is 0 Å². The van der Waals surface area contributed by atoms with E-state index >= 15 is 0 Å². The van der Waals surface area contributed by atoms with Crippen molar-refractivity contribution < 1.29 is 19.5 Å². The van der Waals surface area contributed by atoms with Gasteiger partial charge in [-0.3, -0.25) is 19.3 Å². The Labute approximate surface area is 102 Å². The molecule has 1 aromatic carbocycles. The molecule has 6 heteroatoms. The van der Waals surface area contributed by atoms with Gasteiger partial charge in [0.1, 0.15) is 0 Å². The van der Waals surface area contributed by atoms with Gasteiger partial charge in [0.15, 0.2) is 6.23 Å². The Morgan fingerprint density at radius 2 is 1.50 bits per heavy atom. The van der Waals surface area contributed by atoms with E-state index in [1.165, 1.54) is 31.1 Å². The van der Waals surface area contributed by atoms with Crippen molar-refractivity contribution in [2.24, 2.45) is 0 Å². The largest absolute Gasteiger partial charge is 0.369 e. The van der Waals surface area contributed by atoms with Crippen LogP contribution >= 0.6 is 0 Å². The molecule has 0 saturated heterocycles. The van der Waals surface area contributed by atoms with Crippen LogP contribution in [0.3, 0.4) is 0 Å². The van der Waals surface area contributed by atoms with Crippen LogP contribution in [0.5, 0.6) is 0 Å². The normalized spacial score (nSPS) is 21.7. The molecule has 0 fully saturated rings. The molecule has 0 unspecified atom stereocenters. The monoisotopic (exact) mass is 246 g/mol. The van der Waals surface area contributed by atoms with E-state index in [2.05, 4.69) is 0 Å². The molecule has 0 bridgehead atoms. The number of hydrogen-bond donors (Lipinski definition) is 1. The zero-order valence-electron chi connectivity index (χ0n) is 9.80. The lowest BCUT2D eigenvalue weighted by molar-refractivity contribution is 0.0301. The van der Waals surface area contributed by atoms with Gasteiger partial charge in [-0.2, -0.15) is 0 Å². The Balaban J connectivity index is 2.26. The Kier molecular flexibility index (Phi) is 1.92. The molecule has 1 atom stereocenters. The van der Waals surface area contributed by atoms with Crippen LogP contribution < -0.4 is 0 Å². The topological polar surface area (TPSA) is 77.9 Å². The molecular weight excluding hydrogens is 236 g/mol. The third-order valence-corrected chi connectivity index (χ3v) is 3.46. The second-order valence-corrected chi connectivity index (χ2v) is 4.44. The second-order valence-electron chi connectivity index (χ2n) is 4.44. The summed E-state index contributed by atoms with van der Waals surface area (Å²) >= 11 is 0. The lowest BCUT2D eigenvalue weighted by atomic mass is 10.0. The van der Waals surface area contributed by atoms with Crippen LogP contribution in [0.2, 0.25) is 0 Å². The second kappa shape index (κ2) is 3.17. The number of carbonyl (C=O) groups is 3. The van der Waals surface area contributed by atoms with Crippen LogP contribution in [0.15, 0.2) is 12.1 Å². The zero-order valence-corrected chi connectivity index (χ0v) is 9.80. The number of aliphatic hydroxyl groups is 1. The summed E-state index contributed by atoms with van der Waals surface area (Å²) < 4.78 is 0. The van der Waals surface area contributed by atoms with Crippen molar-refractivity contribution in [1.29, 1.82) is 0 Å². The highest BCUT2D eigenvalue weighted by molar-refractivity contribution is 6.22. The summed E-state index contributed by atoms with van der Waals surface area (Å²) in [5.74, 6) is -1.18. The highest BCUT2D eigenvalue weighted by atomic mass is 16.3. The van der Waals surface area contributed by atoms with E-state index in [4.69, 9.17) is 0 Å². The van der Waals surface area contributed by atoms with E-state index < -0.39 is 18.0 Å². The Morgan fingerprint density at radius 3 is 2.11 bits per heavy atom. The summed E-state index contributed by atoms with van der Waals surface area (Å²) in [5, 5.41) is 9.86. The molecule has 1 N–H and O–H groups in total. The van der Waals surface area contributed by atoms with E-state index in [9.17, 15) is 19.5 Å². The van der Waals surface area contributed by atoms with Crippen molar-refractivity contribution in [3.8, 4) is 0 Å². The van der Waals surface area contributed by atoms with Crippen LogP contribution in [0, 0.1) is 0 Å². The maximum Gasteiger partial charge on any atom is 0.261 e. The fraction of sp³-hybridized carbons (Fsp3) is 0.250. The molecule has 0 spiro atoms. The number of hydrogen-bond acceptors (Lipinski definition) is 4. The van der Waals surface area contributed by atoms with Crippen molar-refractivity contribution in [3.63, 3.8) is 0 Å². The molecule has 92 valence electrons. The van der Waals surface area contributed by atoms with Gasteiger partial charge in [0.2, 0.25) is 0 Å². The molecule has 0 aromatic heterocycles. The van der Waals surface area contributed by atoms with E-state index in [1.54, 1.807) is 0 Å². The van der Waals surface area contributed by atoms with Crippen molar-refractivity contribution in [2.75, 3.05) is 14.1 Å². The van der Waals surface area contributed by atoms with Crippen LogP contribution in [-0.4, -0.2) is 46.7 Å². The first-order valence-electron chi connectivity index (χ1n) is 5.39. The van der Waals surface area contributed by atoms with Crippen molar-refractivity contribution in [1.82, 2.24) is 9.80 Å². The summed E-state index contributed by atoms with van der Waals surface area (Å²) in [4.78, 5) is 37.6. The third kappa shape index (κ3) is 1.08. The van der Waals surface area contributed by atoms with Crippen LogP contribution in [0.4, 0.5) is 0 Å². The third-order valence-electron chi connectivity index (χ3n) is 3.46. The van der Waals surface area contributed by atoms with Gasteiger partial charge in [-0.05, 0) is 12.1 Å². The number of carbonyl (C=O) groups excluding carboxylic acids is 3. The van der Waals surface area contributed by atoms with Crippen LogP contribution in [-0.2, 0) is 0 Å². The molecule has 2 heterocycles. The van der Waals surface area contributed by atoms with E-state index in [1.807, 2.05) is 0 Å². The molecule has 0 radical (unpaired) electrons. The molecule has 6 nitrogen and oxygen atoms in total. The predicted octanol–water partition coefficient (Wildman–Crippen LogP) is -0.0111. The number of benzene rings is 1. The fourth-order valence-corrected chi connectivity index (χ4v) is 2.33. The maximum atomic E-state index is 11.8. The zero-order chi connectivity index (χ0) is 13.2. The van der Waals surface area contributed by atoms with Gasteiger partial charge in [-0.1, -0.05) is 0 Å². The number of amides is 3.